The molecule has 0 spiro atoms. The Labute approximate surface area is 202 Å². The van der Waals surface area contributed by atoms with Crippen LogP contribution in [0.4, 0.5) is 5.69 Å². The van der Waals surface area contributed by atoms with E-state index in [1.54, 1.807) is 6.07 Å². The van der Waals surface area contributed by atoms with E-state index in [-0.39, 0.29) is 18.2 Å². The topological polar surface area (TPSA) is 80.1 Å². The van der Waals surface area contributed by atoms with Crippen molar-refractivity contribution in [3.8, 4) is 0 Å². The first-order valence-electron chi connectivity index (χ1n) is 10.8. The molecule has 0 fully saturated rings. The van der Waals surface area contributed by atoms with Crippen LogP contribution in [-0.2, 0) is 36.0 Å². The summed E-state index contributed by atoms with van der Waals surface area (Å²) in [6.07, 6.45) is 1.61. The second-order valence-corrected chi connectivity index (χ2v) is 9.44. The van der Waals surface area contributed by atoms with Crippen LogP contribution >= 0.6 is 23.4 Å². The normalized spacial score (nSPS) is 13.0. The summed E-state index contributed by atoms with van der Waals surface area (Å²) in [4.78, 5) is 26.9. The Morgan fingerprint density at radius 2 is 1.94 bits per heavy atom. The molecule has 0 unspecified atom stereocenters. The van der Waals surface area contributed by atoms with E-state index in [4.69, 9.17) is 11.6 Å². The monoisotopic (exact) mass is 483 g/mol. The van der Waals surface area contributed by atoms with Crippen molar-refractivity contribution in [2.24, 2.45) is 7.05 Å². The fourth-order valence-electron chi connectivity index (χ4n) is 3.73. The Balaban J connectivity index is 1.26. The van der Waals surface area contributed by atoms with E-state index in [0.717, 1.165) is 18.5 Å². The third-order valence-corrected chi connectivity index (χ3v) is 7.18. The number of aromatic nitrogens is 3. The Morgan fingerprint density at radius 1 is 1.15 bits per heavy atom. The maximum absolute atomic E-state index is 12.7. The lowest BCUT2D eigenvalue weighted by Gasteiger charge is -2.28. The number of nitrogens with one attached hydrogen (secondary N) is 1. The van der Waals surface area contributed by atoms with Crippen LogP contribution < -0.4 is 5.32 Å². The van der Waals surface area contributed by atoms with Crippen molar-refractivity contribution in [2.45, 2.75) is 37.9 Å². The summed E-state index contributed by atoms with van der Waals surface area (Å²) >= 11 is 7.49. The highest BCUT2D eigenvalue weighted by atomic mass is 35.5. The van der Waals surface area contributed by atoms with Gasteiger partial charge in [0.05, 0.1) is 5.75 Å². The van der Waals surface area contributed by atoms with E-state index < -0.39 is 0 Å². The fraction of sp³-hybridized carbons (Fsp3) is 0.333. The van der Waals surface area contributed by atoms with Crippen LogP contribution in [0.15, 0.2) is 47.6 Å². The number of nitrogens with zero attached hydrogens (tertiary/aromatic N) is 4. The Hall–Kier alpha value is -2.84. The molecule has 0 radical (unpaired) electrons. The number of aryl methyl sites for hydroxylation is 2. The standard InChI is InChI=1S/C24H26ClN5O2S/c1-16-7-8-19(13-20(16)25)26-22(31)10-9-21-27-28-24(29(21)2)33-15-23(32)30-12-11-17-5-3-4-6-18(17)14-30/h3-8,13H,9-12,14-15H2,1-2H3,(H,26,31). The predicted octanol–water partition coefficient (Wildman–Crippen LogP) is 4.03. The average molecular weight is 484 g/mol. The number of thioether (sulfide) groups is 1. The van der Waals surface area contributed by atoms with E-state index in [9.17, 15) is 9.59 Å². The van der Waals surface area contributed by atoms with Crippen LogP contribution in [-0.4, -0.2) is 43.8 Å². The number of benzene rings is 2. The van der Waals surface area contributed by atoms with Gasteiger partial charge >= 0.3 is 0 Å². The van der Waals surface area contributed by atoms with Crippen LogP contribution in [0.25, 0.3) is 0 Å². The third kappa shape index (κ3) is 5.75. The largest absolute Gasteiger partial charge is 0.337 e. The van der Waals surface area contributed by atoms with Gasteiger partial charge in [0.1, 0.15) is 5.82 Å². The summed E-state index contributed by atoms with van der Waals surface area (Å²) in [6, 6.07) is 13.7. The quantitative estimate of drug-likeness (QED) is 0.513. The summed E-state index contributed by atoms with van der Waals surface area (Å²) in [6.45, 7) is 3.31. The number of rotatable bonds is 7. The summed E-state index contributed by atoms with van der Waals surface area (Å²) in [5.74, 6) is 0.986. The Morgan fingerprint density at radius 3 is 2.73 bits per heavy atom. The van der Waals surface area contributed by atoms with Crippen LogP contribution in [0, 0.1) is 6.92 Å². The number of anilines is 1. The van der Waals surface area contributed by atoms with Gasteiger partial charge in [-0.15, -0.1) is 10.2 Å². The molecule has 2 amide bonds. The van der Waals surface area contributed by atoms with Gasteiger partial charge in [-0.2, -0.15) is 0 Å². The number of carbonyl (C=O) groups is 2. The lowest BCUT2D eigenvalue weighted by Crippen LogP contribution is -2.37. The highest BCUT2D eigenvalue weighted by Gasteiger charge is 2.21. The number of amides is 2. The summed E-state index contributed by atoms with van der Waals surface area (Å²) in [5.41, 5.74) is 4.17. The predicted molar refractivity (Wildman–Crippen MR) is 130 cm³/mol. The number of halogens is 1. The highest BCUT2D eigenvalue weighted by Crippen LogP contribution is 2.22. The molecule has 0 bridgehead atoms. The molecule has 2 heterocycles. The first-order chi connectivity index (χ1) is 15.9. The van der Waals surface area contributed by atoms with Gasteiger partial charge in [0.15, 0.2) is 5.16 Å². The van der Waals surface area contributed by atoms with E-state index in [1.165, 1.54) is 22.9 Å². The van der Waals surface area contributed by atoms with Gasteiger partial charge in [0, 0.05) is 43.7 Å². The molecule has 2 aromatic carbocycles. The SMILES string of the molecule is Cc1ccc(NC(=O)CCc2nnc(SCC(=O)N3CCc4ccccc4C3)n2C)cc1Cl. The third-order valence-electron chi connectivity index (χ3n) is 5.76. The molecule has 0 saturated heterocycles. The van der Waals surface area contributed by atoms with Gasteiger partial charge in [0.25, 0.3) is 0 Å². The lowest BCUT2D eigenvalue weighted by molar-refractivity contribution is -0.129. The van der Waals surface area contributed by atoms with Gasteiger partial charge in [0.2, 0.25) is 11.8 Å². The summed E-state index contributed by atoms with van der Waals surface area (Å²) in [5, 5.41) is 12.6. The molecule has 1 aromatic heterocycles. The van der Waals surface area contributed by atoms with Gasteiger partial charge in [-0.25, -0.2) is 0 Å². The summed E-state index contributed by atoms with van der Waals surface area (Å²) in [7, 11) is 1.86. The molecule has 0 aliphatic carbocycles. The van der Waals surface area contributed by atoms with E-state index >= 15 is 0 Å². The van der Waals surface area contributed by atoms with Crippen molar-refractivity contribution in [1.29, 1.82) is 0 Å². The fourth-order valence-corrected chi connectivity index (χ4v) is 4.75. The maximum atomic E-state index is 12.7. The minimum atomic E-state index is -0.118. The van der Waals surface area contributed by atoms with Crippen molar-refractivity contribution in [3.05, 3.63) is 70.0 Å². The number of hydrogen-bond donors (Lipinski definition) is 1. The highest BCUT2D eigenvalue weighted by molar-refractivity contribution is 7.99. The lowest BCUT2D eigenvalue weighted by atomic mass is 10.00. The molecule has 0 saturated carbocycles. The Bertz CT molecular complexity index is 1180. The van der Waals surface area contributed by atoms with E-state index in [0.29, 0.717) is 40.4 Å². The van der Waals surface area contributed by atoms with Crippen molar-refractivity contribution >= 4 is 40.9 Å². The second-order valence-electron chi connectivity index (χ2n) is 8.09. The van der Waals surface area contributed by atoms with E-state index in [1.807, 2.05) is 47.7 Å². The van der Waals surface area contributed by atoms with Crippen LogP contribution in [0.5, 0.6) is 0 Å². The molecule has 1 aliphatic rings. The summed E-state index contributed by atoms with van der Waals surface area (Å²) < 4.78 is 1.85. The van der Waals surface area contributed by atoms with Crippen LogP contribution in [0.3, 0.4) is 0 Å². The molecule has 1 N–H and O–H groups in total. The molecule has 9 heteroatoms. The van der Waals surface area contributed by atoms with E-state index in [2.05, 4.69) is 27.6 Å². The number of carbonyl (C=O) groups excluding carboxylic acids is 2. The first kappa shape index (κ1) is 23.3. The van der Waals surface area contributed by atoms with Gasteiger partial charge in [-0.05, 0) is 42.2 Å². The number of fused-ring (bicyclic) bond motifs is 1. The average Bonchev–Trinajstić information content (AvgIpc) is 3.17. The Kier molecular flexibility index (Phi) is 7.35. The molecule has 33 heavy (non-hydrogen) atoms. The number of hydrogen-bond acceptors (Lipinski definition) is 5. The molecule has 0 atom stereocenters. The molecule has 4 rings (SSSR count). The van der Waals surface area contributed by atoms with Crippen LogP contribution in [0.1, 0.15) is 28.9 Å². The van der Waals surface area contributed by atoms with Crippen LogP contribution in [0.2, 0.25) is 5.02 Å². The molecule has 1 aliphatic heterocycles. The molecular formula is C24H26ClN5O2S. The van der Waals surface area contributed by atoms with Gasteiger partial charge in [-0.3, -0.25) is 9.59 Å². The van der Waals surface area contributed by atoms with Crippen molar-refractivity contribution in [2.75, 3.05) is 17.6 Å². The molecule has 7 nitrogen and oxygen atoms in total. The smallest absolute Gasteiger partial charge is 0.233 e. The van der Waals surface area contributed by atoms with Crippen molar-refractivity contribution < 1.29 is 9.59 Å². The minimum Gasteiger partial charge on any atom is -0.337 e. The molecular weight excluding hydrogens is 458 g/mol. The zero-order chi connectivity index (χ0) is 23.4. The van der Waals surface area contributed by atoms with Gasteiger partial charge < -0.3 is 14.8 Å². The maximum Gasteiger partial charge on any atom is 0.233 e. The first-order valence-corrected chi connectivity index (χ1v) is 12.2. The minimum absolute atomic E-state index is 0.0928. The molecule has 172 valence electrons. The van der Waals surface area contributed by atoms with Crippen molar-refractivity contribution in [3.63, 3.8) is 0 Å². The molecule has 3 aromatic rings. The second kappa shape index (κ2) is 10.4. The zero-order valence-electron chi connectivity index (χ0n) is 18.7. The van der Waals surface area contributed by atoms with Crippen molar-refractivity contribution in [1.82, 2.24) is 19.7 Å². The zero-order valence-corrected chi connectivity index (χ0v) is 20.2. The van der Waals surface area contributed by atoms with Gasteiger partial charge in [-0.1, -0.05) is 53.7 Å².